The Labute approximate surface area is 124 Å². The van der Waals surface area contributed by atoms with Crippen LogP contribution in [0.4, 0.5) is 5.82 Å². The number of aromatic nitrogens is 3. The van der Waals surface area contributed by atoms with Crippen LogP contribution in [0.5, 0.6) is 0 Å². The van der Waals surface area contributed by atoms with Gasteiger partial charge in [0, 0.05) is 39.2 Å². The summed E-state index contributed by atoms with van der Waals surface area (Å²) in [4.78, 5) is 8.41. The third kappa shape index (κ3) is 3.22. The van der Waals surface area contributed by atoms with Gasteiger partial charge in [-0.1, -0.05) is 0 Å². The molecule has 2 heterocycles. The van der Waals surface area contributed by atoms with Gasteiger partial charge in [-0.2, -0.15) is 4.31 Å². The van der Waals surface area contributed by atoms with Gasteiger partial charge in [-0.25, -0.2) is 18.4 Å². The quantitative estimate of drug-likeness (QED) is 0.863. The molecular formula is C13H19N5O2S. The number of hydrogen-bond donors (Lipinski definition) is 1. The fourth-order valence-electron chi connectivity index (χ4n) is 1.90. The van der Waals surface area contributed by atoms with Crippen molar-refractivity contribution in [2.45, 2.75) is 18.4 Å². The molecule has 0 saturated heterocycles. The second-order valence-electron chi connectivity index (χ2n) is 4.60. The van der Waals surface area contributed by atoms with E-state index >= 15 is 0 Å². The van der Waals surface area contributed by atoms with E-state index in [2.05, 4.69) is 15.3 Å². The van der Waals surface area contributed by atoms with Crippen LogP contribution in [0.2, 0.25) is 0 Å². The first-order valence-corrected chi connectivity index (χ1v) is 8.02. The van der Waals surface area contributed by atoms with E-state index in [4.69, 9.17) is 0 Å². The molecule has 0 aliphatic heterocycles. The molecule has 0 aliphatic rings. The number of imidazole rings is 1. The molecule has 2 aromatic heterocycles. The fourth-order valence-corrected chi connectivity index (χ4v) is 3.14. The van der Waals surface area contributed by atoms with Crippen LogP contribution in [-0.4, -0.2) is 40.9 Å². The summed E-state index contributed by atoms with van der Waals surface area (Å²) in [7, 11) is -0.265. The minimum absolute atomic E-state index is 0.170. The molecular weight excluding hydrogens is 290 g/mol. The summed E-state index contributed by atoms with van der Waals surface area (Å²) < 4.78 is 28.4. The van der Waals surface area contributed by atoms with Crippen LogP contribution in [0.1, 0.15) is 12.7 Å². The van der Waals surface area contributed by atoms with Gasteiger partial charge >= 0.3 is 0 Å². The second kappa shape index (κ2) is 6.23. The Morgan fingerprint density at radius 3 is 2.71 bits per heavy atom. The zero-order valence-corrected chi connectivity index (χ0v) is 13.1. The van der Waals surface area contributed by atoms with Gasteiger partial charge in [-0.15, -0.1) is 0 Å². The summed E-state index contributed by atoms with van der Waals surface area (Å²) in [5.74, 6) is 1.04. The maximum Gasteiger partial charge on any atom is 0.246 e. The number of nitrogens with zero attached hydrogens (tertiary/aromatic N) is 4. The molecule has 0 fully saturated rings. The van der Waals surface area contributed by atoms with Crippen molar-refractivity contribution >= 4 is 15.8 Å². The lowest BCUT2D eigenvalue weighted by Gasteiger charge is -2.18. The predicted molar refractivity (Wildman–Crippen MR) is 80.3 cm³/mol. The van der Waals surface area contributed by atoms with Crippen molar-refractivity contribution in [3.63, 3.8) is 0 Å². The monoisotopic (exact) mass is 309 g/mol. The van der Waals surface area contributed by atoms with Crippen LogP contribution < -0.4 is 5.32 Å². The van der Waals surface area contributed by atoms with E-state index in [9.17, 15) is 8.42 Å². The summed E-state index contributed by atoms with van der Waals surface area (Å²) in [6, 6.07) is 3.16. The van der Waals surface area contributed by atoms with Gasteiger partial charge in [0.05, 0.1) is 6.54 Å². The van der Waals surface area contributed by atoms with Crippen LogP contribution in [0.15, 0.2) is 35.6 Å². The highest BCUT2D eigenvalue weighted by atomic mass is 32.2. The van der Waals surface area contributed by atoms with Crippen molar-refractivity contribution < 1.29 is 8.42 Å². The SMILES string of the molecule is CCNc1ncccc1S(=O)(=O)N(C)Cc1nccn1C. The van der Waals surface area contributed by atoms with Gasteiger partial charge in [-0.05, 0) is 19.1 Å². The predicted octanol–water partition coefficient (Wildman–Crippen LogP) is 1.07. The molecule has 0 aliphatic carbocycles. The lowest BCUT2D eigenvalue weighted by molar-refractivity contribution is 0.451. The molecule has 114 valence electrons. The van der Waals surface area contributed by atoms with E-state index in [-0.39, 0.29) is 11.4 Å². The van der Waals surface area contributed by atoms with Crippen molar-refractivity contribution in [2.75, 3.05) is 18.9 Å². The molecule has 0 spiro atoms. The average molecular weight is 309 g/mol. The highest BCUT2D eigenvalue weighted by Crippen LogP contribution is 2.22. The topological polar surface area (TPSA) is 80.1 Å². The Hall–Kier alpha value is -1.93. The van der Waals surface area contributed by atoms with Crippen LogP contribution in [0, 0.1) is 0 Å². The van der Waals surface area contributed by atoms with Crippen molar-refractivity contribution in [3.8, 4) is 0 Å². The molecule has 0 bridgehead atoms. The third-order valence-corrected chi connectivity index (χ3v) is 4.92. The maximum absolute atomic E-state index is 12.7. The van der Waals surface area contributed by atoms with E-state index < -0.39 is 10.0 Å². The summed E-state index contributed by atoms with van der Waals surface area (Å²) in [6.45, 7) is 2.69. The first kappa shape index (κ1) is 15.5. The Morgan fingerprint density at radius 1 is 1.33 bits per heavy atom. The summed E-state index contributed by atoms with van der Waals surface area (Å²) in [5.41, 5.74) is 0. The highest BCUT2D eigenvalue weighted by Gasteiger charge is 2.25. The molecule has 0 unspecified atom stereocenters. The molecule has 0 aromatic carbocycles. The first-order valence-electron chi connectivity index (χ1n) is 6.58. The average Bonchev–Trinajstić information content (AvgIpc) is 2.85. The number of aryl methyl sites for hydroxylation is 1. The van der Waals surface area contributed by atoms with Gasteiger partial charge in [0.1, 0.15) is 16.5 Å². The van der Waals surface area contributed by atoms with E-state index in [1.165, 1.54) is 11.4 Å². The molecule has 1 N–H and O–H groups in total. The standard InChI is InChI=1S/C13H19N5O2S/c1-4-14-13-11(6-5-7-16-13)21(19,20)18(3)10-12-15-8-9-17(12)2/h5-9H,4,10H2,1-3H3,(H,14,16). The smallest absolute Gasteiger partial charge is 0.246 e. The number of rotatable bonds is 6. The van der Waals surface area contributed by atoms with E-state index in [1.54, 1.807) is 35.3 Å². The van der Waals surface area contributed by atoms with Gasteiger partial charge in [0.2, 0.25) is 10.0 Å². The largest absolute Gasteiger partial charge is 0.369 e. The van der Waals surface area contributed by atoms with Crippen LogP contribution in [0.25, 0.3) is 0 Å². The zero-order valence-electron chi connectivity index (χ0n) is 12.3. The highest BCUT2D eigenvalue weighted by molar-refractivity contribution is 7.89. The summed E-state index contributed by atoms with van der Waals surface area (Å²) >= 11 is 0. The van der Waals surface area contributed by atoms with E-state index in [0.717, 1.165) is 0 Å². The Morgan fingerprint density at radius 2 is 2.10 bits per heavy atom. The van der Waals surface area contributed by atoms with Gasteiger partial charge < -0.3 is 9.88 Å². The van der Waals surface area contributed by atoms with Gasteiger partial charge in [0.15, 0.2) is 0 Å². The number of sulfonamides is 1. The molecule has 2 aromatic rings. The minimum Gasteiger partial charge on any atom is -0.369 e. The van der Waals surface area contributed by atoms with Crippen molar-refractivity contribution in [2.24, 2.45) is 7.05 Å². The Balaban J connectivity index is 2.31. The molecule has 0 atom stereocenters. The number of hydrogen-bond acceptors (Lipinski definition) is 5. The molecule has 7 nitrogen and oxygen atoms in total. The van der Waals surface area contributed by atoms with E-state index in [1.807, 2.05) is 14.0 Å². The fraction of sp³-hybridized carbons (Fsp3) is 0.385. The molecule has 0 saturated carbocycles. The first-order chi connectivity index (χ1) is 9.96. The van der Waals surface area contributed by atoms with Crippen LogP contribution >= 0.6 is 0 Å². The van der Waals surface area contributed by atoms with Crippen molar-refractivity contribution in [1.29, 1.82) is 0 Å². The number of anilines is 1. The molecule has 0 radical (unpaired) electrons. The molecule has 2 rings (SSSR count). The summed E-state index contributed by atoms with van der Waals surface area (Å²) in [5, 5.41) is 2.97. The lowest BCUT2D eigenvalue weighted by atomic mass is 10.4. The number of pyridine rings is 1. The van der Waals surface area contributed by atoms with Gasteiger partial charge in [0.25, 0.3) is 0 Å². The zero-order chi connectivity index (χ0) is 15.5. The lowest BCUT2D eigenvalue weighted by Crippen LogP contribution is -2.28. The normalized spacial score (nSPS) is 11.8. The van der Waals surface area contributed by atoms with Crippen LogP contribution in [-0.2, 0) is 23.6 Å². The van der Waals surface area contributed by atoms with Crippen molar-refractivity contribution in [1.82, 2.24) is 18.8 Å². The van der Waals surface area contributed by atoms with Gasteiger partial charge in [-0.3, -0.25) is 0 Å². The molecule has 8 heteroatoms. The maximum atomic E-state index is 12.7. The Kier molecular flexibility index (Phi) is 4.59. The van der Waals surface area contributed by atoms with Crippen molar-refractivity contribution in [3.05, 3.63) is 36.5 Å². The molecule has 0 amide bonds. The Bertz CT molecular complexity index is 711. The number of nitrogens with one attached hydrogen (secondary N) is 1. The third-order valence-electron chi connectivity index (χ3n) is 3.09. The summed E-state index contributed by atoms with van der Waals surface area (Å²) in [6.07, 6.45) is 4.99. The second-order valence-corrected chi connectivity index (χ2v) is 6.61. The minimum atomic E-state index is -3.63. The van der Waals surface area contributed by atoms with E-state index in [0.29, 0.717) is 18.2 Å². The molecule has 21 heavy (non-hydrogen) atoms. The van der Waals surface area contributed by atoms with Crippen LogP contribution in [0.3, 0.4) is 0 Å².